The van der Waals surface area contributed by atoms with Crippen molar-refractivity contribution in [3.8, 4) is 10.7 Å². The van der Waals surface area contributed by atoms with Crippen molar-refractivity contribution in [2.24, 2.45) is 0 Å². The van der Waals surface area contributed by atoms with Crippen molar-refractivity contribution < 1.29 is 0 Å². The van der Waals surface area contributed by atoms with Gasteiger partial charge in [-0.2, -0.15) is 0 Å². The molecule has 0 saturated carbocycles. The predicted octanol–water partition coefficient (Wildman–Crippen LogP) is 1.39. The zero-order valence-electron chi connectivity index (χ0n) is 7.57. The number of thiophene rings is 1. The number of nitrogens with zero attached hydrogens (tertiary/aromatic N) is 1. The second-order valence-electron chi connectivity index (χ2n) is 2.90. The lowest BCUT2D eigenvalue weighted by atomic mass is 10.3. The van der Waals surface area contributed by atoms with Crippen LogP contribution in [0.3, 0.4) is 0 Å². The van der Waals surface area contributed by atoms with Crippen LogP contribution in [0.1, 0.15) is 5.56 Å². The molecule has 2 heterocycles. The van der Waals surface area contributed by atoms with E-state index in [-0.39, 0.29) is 11.4 Å². The van der Waals surface area contributed by atoms with Gasteiger partial charge in [-0.05, 0) is 18.4 Å². The molecule has 0 fully saturated rings. The fraction of sp³-hybridized carbons (Fsp3) is 0.111. The standard InChI is InChI=1S/C9H9N3OS/c1-5-7(10)11-8(12-9(5)13)6-3-2-4-14-6/h2-4H,1H3,(H3,10,11,12,13). The van der Waals surface area contributed by atoms with Gasteiger partial charge in [0.05, 0.1) is 10.4 Å². The van der Waals surface area contributed by atoms with Crippen LogP contribution in [0.5, 0.6) is 0 Å². The number of nitrogens with one attached hydrogen (secondary N) is 1. The summed E-state index contributed by atoms with van der Waals surface area (Å²) in [4.78, 5) is 19.1. The van der Waals surface area contributed by atoms with E-state index in [1.54, 1.807) is 6.92 Å². The molecule has 2 rings (SSSR count). The van der Waals surface area contributed by atoms with Crippen LogP contribution in [0.2, 0.25) is 0 Å². The summed E-state index contributed by atoms with van der Waals surface area (Å²) in [6.07, 6.45) is 0. The highest BCUT2D eigenvalue weighted by Crippen LogP contribution is 2.20. The van der Waals surface area contributed by atoms with Gasteiger partial charge in [0.15, 0.2) is 5.82 Å². The van der Waals surface area contributed by atoms with Crippen molar-refractivity contribution in [2.75, 3.05) is 5.73 Å². The highest BCUT2D eigenvalue weighted by atomic mass is 32.1. The largest absolute Gasteiger partial charge is 0.383 e. The van der Waals surface area contributed by atoms with E-state index in [4.69, 9.17) is 5.73 Å². The van der Waals surface area contributed by atoms with E-state index in [1.165, 1.54) is 11.3 Å². The fourth-order valence-electron chi connectivity index (χ4n) is 1.08. The van der Waals surface area contributed by atoms with E-state index in [9.17, 15) is 4.79 Å². The lowest BCUT2D eigenvalue weighted by Gasteiger charge is -2.00. The van der Waals surface area contributed by atoms with Gasteiger partial charge in [-0.15, -0.1) is 11.3 Å². The Hall–Kier alpha value is -1.62. The van der Waals surface area contributed by atoms with Crippen molar-refractivity contribution in [3.05, 3.63) is 33.4 Å². The smallest absolute Gasteiger partial charge is 0.256 e. The minimum Gasteiger partial charge on any atom is -0.383 e. The number of hydrogen-bond donors (Lipinski definition) is 2. The quantitative estimate of drug-likeness (QED) is 0.742. The van der Waals surface area contributed by atoms with Crippen molar-refractivity contribution in [1.82, 2.24) is 9.97 Å². The van der Waals surface area contributed by atoms with Crippen LogP contribution in [0, 0.1) is 6.92 Å². The second kappa shape index (κ2) is 3.26. The number of aromatic amines is 1. The first-order valence-corrected chi connectivity index (χ1v) is 4.96. The van der Waals surface area contributed by atoms with Crippen molar-refractivity contribution >= 4 is 17.2 Å². The Labute approximate surface area is 84.4 Å². The Bertz CT molecular complexity index is 501. The number of rotatable bonds is 1. The third-order valence-corrected chi connectivity index (χ3v) is 2.82. The summed E-state index contributed by atoms with van der Waals surface area (Å²) in [5.41, 5.74) is 5.88. The van der Waals surface area contributed by atoms with Crippen LogP contribution >= 0.6 is 11.3 Å². The minimum atomic E-state index is -0.180. The Morgan fingerprint density at radius 3 is 2.93 bits per heavy atom. The van der Waals surface area contributed by atoms with Crippen LogP contribution in [0.25, 0.3) is 10.7 Å². The number of aromatic nitrogens is 2. The Balaban J connectivity index is 2.63. The Morgan fingerprint density at radius 1 is 1.57 bits per heavy atom. The summed E-state index contributed by atoms with van der Waals surface area (Å²) in [7, 11) is 0. The molecule has 0 saturated heterocycles. The average Bonchev–Trinajstić information content (AvgIpc) is 2.66. The molecule has 4 nitrogen and oxygen atoms in total. The van der Waals surface area contributed by atoms with Crippen LogP contribution in [0.15, 0.2) is 22.3 Å². The van der Waals surface area contributed by atoms with Gasteiger partial charge in [-0.3, -0.25) is 4.79 Å². The third kappa shape index (κ3) is 1.42. The molecule has 14 heavy (non-hydrogen) atoms. The van der Waals surface area contributed by atoms with Gasteiger partial charge in [0.1, 0.15) is 5.82 Å². The molecule has 3 N–H and O–H groups in total. The number of hydrogen-bond acceptors (Lipinski definition) is 4. The maximum atomic E-state index is 11.4. The SMILES string of the molecule is Cc1c(N)nc(-c2cccs2)[nH]c1=O. The third-order valence-electron chi connectivity index (χ3n) is 1.94. The fourth-order valence-corrected chi connectivity index (χ4v) is 1.75. The van der Waals surface area contributed by atoms with Gasteiger partial charge in [0.2, 0.25) is 0 Å². The molecule has 0 radical (unpaired) electrons. The van der Waals surface area contributed by atoms with Crippen LogP contribution in [-0.4, -0.2) is 9.97 Å². The number of nitrogens with two attached hydrogens (primary N) is 1. The first-order chi connectivity index (χ1) is 6.68. The first-order valence-electron chi connectivity index (χ1n) is 4.09. The van der Waals surface area contributed by atoms with Crippen LogP contribution in [-0.2, 0) is 0 Å². The molecule has 0 atom stereocenters. The van der Waals surface area contributed by atoms with E-state index >= 15 is 0 Å². The molecule has 2 aromatic heterocycles. The van der Waals surface area contributed by atoms with E-state index in [0.29, 0.717) is 11.4 Å². The zero-order valence-corrected chi connectivity index (χ0v) is 8.39. The van der Waals surface area contributed by atoms with Gasteiger partial charge >= 0.3 is 0 Å². The zero-order chi connectivity index (χ0) is 10.1. The molecule has 2 aromatic rings. The summed E-state index contributed by atoms with van der Waals surface area (Å²) >= 11 is 1.51. The number of H-pyrrole nitrogens is 1. The summed E-state index contributed by atoms with van der Waals surface area (Å²) < 4.78 is 0. The molecule has 0 unspecified atom stereocenters. The van der Waals surface area contributed by atoms with Crippen molar-refractivity contribution in [1.29, 1.82) is 0 Å². The molecule has 0 bridgehead atoms. The van der Waals surface area contributed by atoms with E-state index in [2.05, 4.69) is 9.97 Å². The van der Waals surface area contributed by atoms with Crippen molar-refractivity contribution in [3.63, 3.8) is 0 Å². The van der Waals surface area contributed by atoms with E-state index in [0.717, 1.165) is 4.88 Å². The van der Waals surface area contributed by atoms with Crippen molar-refractivity contribution in [2.45, 2.75) is 6.92 Å². The summed E-state index contributed by atoms with van der Waals surface area (Å²) in [6, 6.07) is 3.79. The van der Waals surface area contributed by atoms with Gasteiger partial charge in [-0.25, -0.2) is 4.98 Å². The number of anilines is 1. The summed E-state index contributed by atoms with van der Waals surface area (Å²) in [5, 5.41) is 1.92. The van der Waals surface area contributed by atoms with Crippen LogP contribution in [0.4, 0.5) is 5.82 Å². The molecule has 0 aliphatic heterocycles. The van der Waals surface area contributed by atoms with Gasteiger partial charge in [-0.1, -0.05) is 6.07 Å². The summed E-state index contributed by atoms with van der Waals surface area (Å²) in [6.45, 7) is 1.65. The molecule has 0 aliphatic rings. The molecule has 5 heteroatoms. The van der Waals surface area contributed by atoms with E-state index < -0.39 is 0 Å². The lowest BCUT2D eigenvalue weighted by Crippen LogP contribution is -2.15. The highest BCUT2D eigenvalue weighted by molar-refractivity contribution is 7.13. The molecule has 72 valence electrons. The normalized spacial score (nSPS) is 10.4. The van der Waals surface area contributed by atoms with E-state index in [1.807, 2.05) is 17.5 Å². The minimum absolute atomic E-state index is 0.180. The second-order valence-corrected chi connectivity index (χ2v) is 3.85. The number of nitrogen functional groups attached to an aromatic ring is 1. The molecule has 0 amide bonds. The van der Waals surface area contributed by atoms with Gasteiger partial charge in [0, 0.05) is 0 Å². The Kier molecular flexibility index (Phi) is 2.09. The predicted molar refractivity (Wildman–Crippen MR) is 57.3 cm³/mol. The van der Waals surface area contributed by atoms with Gasteiger partial charge in [0.25, 0.3) is 5.56 Å². The highest BCUT2D eigenvalue weighted by Gasteiger charge is 2.06. The molecule has 0 aromatic carbocycles. The van der Waals surface area contributed by atoms with Gasteiger partial charge < -0.3 is 10.7 Å². The monoisotopic (exact) mass is 207 g/mol. The molecular weight excluding hydrogens is 198 g/mol. The molecular formula is C9H9N3OS. The topological polar surface area (TPSA) is 71.8 Å². The lowest BCUT2D eigenvalue weighted by molar-refractivity contribution is 1.10. The molecule has 0 spiro atoms. The average molecular weight is 207 g/mol. The first kappa shape index (κ1) is 8.96. The molecule has 0 aliphatic carbocycles. The maximum Gasteiger partial charge on any atom is 0.256 e. The Morgan fingerprint density at radius 2 is 2.36 bits per heavy atom. The maximum absolute atomic E-state index is 11.4. The summed E-state index contributed by atoms with van der Waals surface area (Å²) in [5.74, 6) is 0.824. The van der Waals surface area contributed by atoms with Crippen LogP contribution < -0.4 is 11.3 Å².